The summed E-state index contributed by atoms with van der Waals surface area (Å²) in [5.41, 5.74) is 0.340. The second-order valence-electron chi connectivity index (χ2n) is 5.24. The number of aryl methyl sites for hydroxylation is 1. The molecule has 0 atom stereocenters. The normalized spacial score (nSPS) is 15.0. The molecule has 0 bridgehead atoms. The van der Waals surface area contributed by atoms with E-state index in [-0.39, 0.29) is 5.56 Å². The highest BCUT2D eigenvalue weighted by Gasteiger charge is 2.20. The van der Waals surface area contributed by atoms with Crippen molar-refractivity contribution in [1.29, 1.82) is 0 Å². The van der Waals surface area contributed by atoms with Crippen molar-refractivity contribution in [1.82, 2.24) is 19.9 Å². The van der Waals surface area contributed by atoms with Crippen molar-refractivity contribution >= 4 is 21.6 Å². The second-order valence-corrected chi connectivity index (χ2v) is 6.09. The minimum Gasteiger partial charge on any atom is -0.371 e. The van der Waals surface area contributed by atoms with Crippen LogP contribution in [0.1, 0.15) is 31.0 Å². The number of nitrogens with zero attached hydrogens (tertiary/aromatic N) is 4. The molecule has 0 radical (unpaired) electrons. The van der Waals surface area contributed by atoms with Crippen LogP contribution in [-0.2, 0) is 13.1 Å². The average Bonchev–Trinajstić information content (AvgIpc) is 2.81. The number of aromatic nitrogens is 4. The van der Waals surface area contributed by atoms with Crippen molar-refractivity contribution in [2.45, 2.75) is 39.3 Å². The quantitative estimate of drug-likeness (QED) is 0.885. The number of hydrogen-bond donors (Lipinski definition) is 1. The van der Waals surface area contributed by atoms with E-state index in [1.165, 1.54) is 23.9 Å². The highest BCUT2D eigenvalue weighted by Crippen LogP contribution is 2.27. The second kappa shape index (κ2) is 5.97. The van der Waals surface area contributed by atoms with Gasteiger partial charge in [-0.05, 0) is 41.6 Å². The fourth-order valence-electron chi connectivity index (χ4n) is 2.25. The summed E-state index contributed by atoms with van der Waals surface area (Å²) >= 11 is 3.35. The summed E-state index contributed by atoms with van der Waals surface area (Å²) < 4.78 is 7.18. The summed E-state index contributed by atoms with van der Waals surface area (Å²) in [6.45, 7) is 2.74. The summed E-state index contributed by atoms with van der Waals surface area (Å²) in [6.07, 6.45) is 5.24. The van der Waals surface area contributed by atoms with Gasteiger partial charge >= 0.3 is 0 Å². The highest BCUT2D eigenvalue weighted by molar-refractivity contribution is 9.10. The number of nitrogens with one attached hydrogen (secondary N) is 1. The van der Waals surface area contributed by atoms with Crippen LogP contribution in [0.2, 0.25) is 0 Å². The first kappa shape index (κ1) is 14.2. The molecule has 1 saturated carbocycles. The summed E-state index contributed by atoms with van der Waals surface area (Å²) in [5.74, 6) is 1.59. The van der Waals surface area contributed by atoms with E-state index in [9.17, 15) is 4.79 Å². The molecule has 0 spiro atoms. The smallest absolute Gasteiger partial charge is 0.291 e. The van der Waals surface area contributed by atoms with Crippen LogP contribution < -0.4 is 10.9 Å². The molecule has 8 heteroatoms. The molecule has 1 aliphatic carbocycles. The molecule has 0 aliphatic heterocycles. The number of hydrogen-bond acceptors (Lipinski definition) is 6. The van der Waals surface area contributed by atoms with Gasteiger partial charge in [0.25, 0.3) is 5.56 Å². The molecule has 2 heterocycles. The molecule has 0 aromatic carbocycles. The standard InChI is InChI=1S/C13H16BrN5O2/c1-8-17-11(21-18-8)6-15-12-10(14)5-16-19(13(12)20)7-9-3-2-4-9/h5,9,15H,2-4,6-7H2,1H3. The van der Waals surface area contributed by atoms with Gasteiger partial charge < -0.3 is 9.84 Å². The van der Waals surface area contributed by atoms with E-state index in [1.807, 2.05) is 0 Å². The summed E-state index contributed by atoms with van der Waals surface area (Å²) in [4.78, 5) is 16.5. The number of halogens is 1. The van der Waals surface area contributed by atoms with Gasteiger partial charge in [0.1, 0.15) is 5.69 Å². The molecule has 0 saturated heterocycles. The van der Waals surface area contributed by atoms with E-state index in [0.29, 0.717) is 40.9 Å². The third-order valence-corrected chi connectivity index (χ3v) is 4.24. The van der Waals surface area contributed by atoms with E-state index in [1.54, 1.807) is 13.1 Å². The van der Waals surface area contributed by atoms with Crippen LogP contribution in [0.5, 0.6) is 0 Å². The van der Waals surface area contributed by atoms with Crippen LogP contribution in [0.25, 0.3) is 0 Å². The van der Waals surface area contributed by atoms with E-state index in [0.717, 1.165) is 0 Å². The van der Waals surface area contributed by atoms with E-state index >= 15 is 0 Å². The lowest BCUT2D eigenvalue weighted by molar-refractivity contribution is 0.262. The van der Waals surface area contributed by atoms with Gasteiger partial charge in [0.2, 0.25) is 5.89 Å². The Morgan fingerprint density at radius 1 is 1.52 bits per heavy atom. The van der Waals surface area contributed by atoms with Crippen molar-refractivity contribution in [3.05, 3.63) is 32.7 Å². The van der Waals surface area contributed by atoms with Crippen molar-refractivity contribution in [3.63, 3.8) is 0 Å². The van der Waals surface area contributed by atoms with E-state index in [4.69, 9.17) is 4.52 Å². The van der Waals surface area contributed by atoms with Gasteiger partial charge in [0, 0.05) is 6.54 Å². The molecule has 1 N–H and O–H groups in total. The molecule has 7 nitrogen and oxygen atoms in total. The Morgan fingerprint density at radius 3 is 2.95 bits per heavy atom. The van der Waals surface area contributed by atoms with Gasteiger partial charge in [0.15, 0.2) is 5.82 Å². The Hall–Kier alpha value is -1.70. The van der Waals surface area contributed by atoms with Crippen molar-refractivity contribution in [3.8, 4) is 0 Å². The Balaban J connectivity index is 1.76. The van der Waals surface area contributed by atoms with E-state index < -0.39 is 0 Å². The van der Waals surface area contributed by atoms with Crippen LogP contribution in [0.15, 0.2) is 20.0 Å². The molecule has 0 unspecified atom stereocenters. The minimum atomic E-state index is -0.132. The molecular weight excluding hydrogens is 338 g/mol. The van der Waals surface area contributed by atoms with Gasteiger partial charge in [-0.3, -0.25) is 4.79 Å². The first-order chi connectivity index (χ1) is 10.1. The van der Waals surface area contributed by atoms with Gasteiger partial charge in [-0.1, -0.05) is 11.6 Å². The Labute approximate surface area is 129 Å². The van der Waals surface area contributed by atoms with Crippen LogP contribution in [0.3, 0.4) is 0 Å². The number of rotatable bonds is 5. The van der Waals surface area contributed by atoms with Crippen molar-refractivity contribution in [2.24, 2.45) is 5.92 Å². The lowest BCUT2D eigenvalue weighted by Crippen LogP contribution is -2.30. The molecule has 1 fully saturated rings. The molecule has 112 valence electrons. The largest absolute Gasteiger partial charge is 0.371 e. The van der Waals surface area contributed by atoms with Crippen molar-refractivity contribution < 1.29 is 4.52 Å². The Bertz CT molecular complexity index is 692. The Kier molecular flexibility index (Phi) is 4.05. The van der Waals surface area contributed by atoms with Crippen LogP contribution in [-0.4, -0.2) is 19.9 Å². The molecule has 21 heavy (non-hydrogen) atoms. The van der Waals surface area contributed by atoms with Crippen LogP contribution >= 0.6 is 15.9 Å². The topological polar surface area (TPSA) is 85.8 Å². The zero-order valence-electron chi connectivity index (χ0n) is 11.7. The summed E-state index contributed by atoms with van der Waals surface area (Å²) in [7, 11) is 0. The third-order valence-electron chi connectivity index (χ3n) is 3.64. The monoisotopic (exact) mass is 353 g/mol. The first-order valence-electron chi connectivity index (χ1n) is 6.92. The minimum absolute atomic E-state index is 0.132. The van der Waals surface area contributed by atoms with Gasteiger partial charge in [-0.25, -0.2) is 4.68 Å². The number of anilines is 1. The summed E-state index contributed by atoms with van der Waals surface area (Å²) in [5, 5.41) is 10.9. The molecule has 0 amide bonds. The molecule has 1 aliphatic rings. The van der Waals surface area contributed by atoms with Crippen molar-refractivity contribution in [2.75, 3.05) is 5.32 Å². The predicted molar refractivity (Wildman–Crippen MR) is 79.9 cm³/mol. The van der Waals surface area contributed by atoms with Gasteiger partial charge in [0.05, 0.1) is 17.2 Å². The van der Waals surface area contributed by atoms with Gasteiger partial charge in [-0.15, -0.1) is 0 Å². The Morgan fingerprint density at radius 2 is 2.33 bits per heavy atom. The lowest BCUT2D eigenvalue weighted by atomic mass is 9.85. The molecule has 2 aromatic heterocycles. The highest BCUT2D eigenvalue weighted by atomic mass is 79.9. The first-order valence-corrected chi connectivity index (χ1v) is 7.71. The fraction of sp³-hybridized carbons (Fsp3) is 0.538. The summed E-state index contributed by atoms with van der Waals surface area (Å²) in [6, 6.07) is 0. The van der Waals surface area contributed by atoms with Gasteiger partial charge in [-0.2, -0.15) is 10.1 Å². The van der Waals surface area contributed by atoms with Crippen LogP contribution in [0.4, 0.5) is 5.69 Å². The molecular formula is C13H16BrN5O2. The zero-order valence-corrected chi connectivity index (χ0v) is 13.3. The zero-order chi connectivity index (χ0) is 14.8. The maximum atomic E-state index is 12.4. The van der Waals surface area contributed by atoms with Crippen LogP contribution in [0, 0.1) is 12.8 Å². The third kappa shape index (κ3) is 3.15. The maximum absolute atomic E-state index is 12.4. The predicted octanol–water partition coefficient (Wildman–Crippen LogP) is 2.11. The molecule has 2 aromatic rings. The lowest BCUT2D eigenvalue weighted by Gasteiger charge is -2.25. The SMILES string of the molecule is Cc1noc(CNc2c(Br)cnn(CC3CCC3)c2=O)n1. The average molecular weight is 354 g/mol. The molecule has 3 rings (SSSR count). The fourth-order valence-corrected chi connectivity index (χ4v) is 2.66. The maximum Gasteiger partial charge on any atom is 0.291 e. The van der Waals surface area contributed by atoms with E-state index in [2.05, 4.69) is 36.5 Å².